The number of para-hydroxylation sites is 1. The van der Waals surface area contributed by atoms with Crippen molar-refractivity contribution >= 4 is 26.7 Å². The highest BCUT2D eigenvalue weighted by molar-refractivity contribution is 7.89. The van der Waals surface area contributed by atoms with E-state index in [9.17, 15) is 8.42 Å². The van der Waals surface area contributed by atoms with Crippen LogP contribution in [0.4, 0.5) is 5.82 Å². The molecule has 0 radical (unpaired) electrons. The molecule has 4 heterocycles. The van der Waals surface area contributed by atoms with Gasteiger partial charge in [-0.2, -0.15) is 4.31 Å². The zero-order valence-corrected chi connectivity index (χ0v) is 19.3. The number of nitrogens with zero attached hydrogens (tertiary/aromatic N) is 6. The van der Waals surface area contributed by atoms with Crippen LogP contribution in [-0.2, 0) is 10.0 Å². The molecule has 0 spiro atoms. The summed E-state index contributed by atoms with van der Waals surface area (Å²) in [5.74, 6) is 1.72. The smallest absolute Gasteiger partial charge is 0.248 e. The lowest BCUT2D eigenvalue weighted by Gasteiger charge is -2.24. The number of benzene rings is 1. The fourth-order valence-corrected chi connectivity index (χ4v) is 6.00. The second kappa shape index (κ2) is 8.53. The SMILES string of the molecule is Cc1noc(C)c1S(=O)(=O)N1CCCN(c2nc(-c3cccnc3)nc3ccccc23)CC1. The van der Waals surface area contributed by atoms with Crippen LogP contribution in [0.15, 0.2) is 58.2 Å². The maximum Gasteiger partial charge on any atom is 0.248 e. The minimum Gasteiger partial charge on any atom is -0.360 e. The molecule has 3 aromatic heterocycles. The Morgan fingerprint density at radius 3 is 2.58 bits per heavy atom. The summed E-state index contributed by atoms with van der Waals surface area (Å²) < 4.78 is 33.3. The molecule has 0 amide bonds. The predicted molar refractivity (Wildman–Crippen MR) is 124 cm³/mol. The van der Waals surface area contributed by atoms with E-state index in [1.807, 2.05) is 36.4 Å². The van der Waals surface area contributed by atoms with E-state index in [-0.39, 0.29) is 4.90 Å². The molecular weight excluding hydrogens is 440 g/mol. The van der Waals surface area contributed by atoms with E-state index in [0.717, 1.165) is 22.3 Å². The third kappa shape index (κ3) is 3.96. The minimum atomic E-state index is -3.69. The molecule has 1 aliphatic heterocycles. The molecule has 170 valence electrons. The van der Waals surface area contributed by atoms with Gasteiger partial charge in [-0.3, -0.25) is 4.98 Å². The van der Waals surface area contributed by atoms with Crippen molar-refractivity contribution < 1.29 is 12.9 Å². The molecule has 0 saturated carbocycles. The van der Waals surface area contributed by atoms with Gasteiger partial charge in [-0.05, 0) is 44.5 Å². The molecule has 1 aliphatic rings. The number of hydrogen-bond donors (Lipinski definition) is 0. The Bertz CT molecular complexity index is 1390. The molecule has 0 atom stereocenters. The van der Waals surface area contributed by atoms with Crippen LogP contribution in [0.2, 0.25) is 0 Å². The van der Waals surface area contributed by atoms with Gasteiger partial charge in [0.25, 0.3) is 0 Å². The average molecular weight is 465 g/mol. The Hall–Kier alpha value is -3.37. The van der Waals surface area contributed by atoms with Crippen molar-refractivity contribution in [2.75, 3.05) is 31.1 Å². The van der Waals surface area contributed by atoms with Crippen LogP contribution >= 0.6 is 0 Å². The van der Waals surface area contributed by atoms with E-state index in [0.29, 0.717) is 49.9 Å². The first-order chi connectivity index (χ1) is 15.9. The topological polar surface area (TPSA) is 105 Å². The molecule has 0 N–H and O–H groups in total. The number of hydrogen-bond acceptors (Lipinski definition) is 8. The summed E-state index contributed by atoms with van der Waals surface area (Å²) in [7, 11) is -3.69. The predicted octanol–water partition coefficient (Wildman–Crippen LogP) is 3.20. The average Bonchev–Trinajstić information content (AvgIpc) is 3.01. The Balaban J connectivity index is 1.49. The van der Waals surface area contributed by atoms with Crippen molar-refractivity contribution in [2.45, 2.75) is 25.2 Å². The van der Waals surface area contributed by atoms with Crippen LogP contribution in [0.1, 0.15) is 17.9 Å². The third-order valence-electron chi connectivity index (χ3n) is 5.82. The zero-order valence-electron chi connectivity index (χ0n) is 18.5. The fourth-order valence-electron chi connectivity index (χ4n) is 4.24. The van der Waals surface area contributed by atoms with Crippen molar-refractivity contribution in [2.24, 2.45) is 0 Å². The molecule has 0 bridgehead atoms. The molecule has 5 rings (SSSR count). The van der Waals surface area contributed by atoms with Gasteiger partial charge in [0.05, 0.1) is 5.52 Å². The first-order valence-corrected chi connectivity index (χ1v) is 12.2. The fraction of sp³-hybridized carbons (Fsp3) is 0.304. The number of sulfonamides is 1. The van der Waals surface area contributed by atoms with Gasteiger partial charge in [0.15, 0.2) is 11.6 Å². The van der Waals surface area contributed by atoms with Crippen LogP contribution in [0.5, 0.6) is 0 Å². The molecule has 0 aliphatic carbocycles. The van der Waals surface area contributed by atoms with Gasteiger partial charge in [0, 0.05) is 49.5 Å². The molecule has 0 unspecified atom stereocenters. The van der Waals surface area contributed by atoms with Gasteiger partial charge in [0.1, 0.15) is 16.4 Å². The number of anilines is 1. The minimum absolute atomic E-state index is 0.169. The molecular formula is C23H24N6O3S. The largest absolute Gasteiger partial charge is 0.360 e. The zero-order chi connectivity index (χ0) is 23.0. The molecule has 33 heavy (non-hydrogen) atoms. The van der Waals surface area contributed by atoms with E-state index in [1.54, 1.807) is 26.2 Å². The highest BCUT2D eigenvalue weighted by Crippen LogP contribution is 2.29. The summed E-state index contributed by atoms with van der Waals surface area (Å²) in [4.78, 5) is 16.1. The van der Waals surface area contributed by atoms with E-state index >= 15 is 0 Å². The van der Waals surface area contributed by atoms with Crippen LogP contribution in [-0.4, -0.2) is 59.0 Å². The Morgan fingerprint density at radius 1 is 0.970 bits per heavy atom. The summed E-state index contributed by atoms with van der Waals surface area (Å²) in [6, 6.07) is 11.7. The van der Waals surface area contributed by atoms with E-state index in [2.05, 4.69) is 15.0 Å². The van der Waals surface area contributed by atoms with Crippen molar-refractivity contribution in [3.8, 4) is 11.4 Å². The monoisotopic (exact) mass is 464 g/mol. The Morgan fingerprint density at radius 2 is 1.82 bits per heavy atom. The second-order valence-electron chi connectivity index (χ2n) is 8.03. The third-order valence-corrected chi connectivity index (χ3v) is 7.97. The van der Waals surface area contributed by atoms with E-state index in [4.69, 9.17) is 14.5 Å². The standard InChI is InChI=1S/C23H24N6O3S/c1-16-21(17(2)32-27-16)33(30,31)29-12-6-11-28(13-14-29)23-19-8-3-4-9-20(19)25-22(26-23)18-7-5-10-24-15-18/h3-5,7-10,15H,6,11-14H2,1-2H3. The van der Waals surface area contributed by atoms with Crippen LogP contribution in [0, 0.1) is 13.8 Å². The number of aryl methyl sites for hydroxylation is 2. The first-order valence-electron chi connectivity index (χ1n) is 10.8. The van der Waals surface area contributed by atoms with Gasteiger partial charge in [0.2, 0.25) is 10.0 Å². The van der Waals surface area contributed by atoms with E-state index < -0.39 is 10.0 Å². The lowest BCUT2D eigenvalue weighted by Crippen LogP contribution is -2.36. The Labute approximate surface area is 192 Å². The maximum atomic E-state index is 13.3. The van der Waals surface area contributed by atoms with Gasteiger partial charge < -0.3 is 9.42 Å². The van der Waals surface area contributed by atoms with E-state index in [1.165, 1.54) is 4.31 Å². The highest BCUT2D eigenvalue weighted by Gasteiger charge is 2.32. The lowest BCUT2D eigenvalue weighted by molar-refractivity contribution is 0.389. The summed E-state index contributed by atoms with van der Waals surface area (Å²) in [6.45, 7) is 5.23. The molecule has 1 aromatic carbocycles. The summed E-state index contributed by atoms with van der Waals surface area (Å²) in [5.41, 5.74) is 2.06. The first kappa shape index (κ1) is 21.5. The van der Waals surface area contributed by atoms with Crippen LogP contribution in [0.3, 0.4) is 0 Å². The maximum absolute atomic E-state index is 13.3. The molecule has 1 fully saturated rings. The van der Waals surface area contributed by atoms with Crippen molar-refractivity contribution in [3.63, 3.8) is 0 Å². The second-order valence-corrected chi connectivity index (χ2v) is 9.90. The number of pyridine rings is 1. The van der Waals surface area contributed by atoms with Crippen LogP contribution in [0.25, 0.3) is 22.3 Å². The summed E-state index contributed by atoms with van der Waals surface area (Å²) in [5, 5.41) is 4.76. The summed E-state index contributed by atoms with van der Waals surface area (Å²) in [6.07, 6.45) is 4.13. The van der Waals surface area contributed by atoms with Gasteiger partial charge in [-0.15, -0.1) is 0 Å². The molecule has 9 nitrogen and oxygen atoms in total. The summed E-state index contributed by atoms with van der Waals surface area (Å²) >= 11 is 0. The van der Waals surface area contributed by atoms with Gasteiger partial charge in [-0.1, -0.05) is 17.3 Å². The molecule has 10 heteroatoms. The lowest BCUT2D eigenvalue weighted by atomic mass is 10.2. The van der Waals surface area contributed by atoms with Crippen LogP contribution < -0.4 is 4.90 Å². The van der Waals surface area contributed by atoms with Crippen molar-refractivity contribution in [3.05, 3.63) is 60.2 Å². The number of rotatable bonds is 4. The van der Waals surface area contributed by atoms with Crippen molar-refractivity contribution in [1.82, 2.24) is 24.4 Å². The van der Waals surface area contributed by atoms with Gasteiger partial charge >= 0.3 is 0 Å². The molecule has 4 aromatic rings. The quantitative estimate of drug-likeness (QED) is 0.453. The number of aromatic nitrogens is 4. The molecule has 1 saturated heterocycles. The normalized spacial score (nSPS) is 15.6. The van der Waals surface area contributed by atoms with Gasteiger partial charge in [-0.25, -0.2) is 18.4 Å². The Kier molecular flexibility index (Phi) is 5.55. The van der Waals surface area contributed by atoms with Crippen molar-refractivity contribution in [1.29, 1.82) is 0 Å². The number of fused-ring (bicyclic) bond motifs is 1. The highest BCUT2D eigenvalue weighted by atomic mass is 32.2.